The van der Waals surface area contributed by atoms with Crippen molar-refractivity contribution in [1.29, 1.82) is 0 Å². The Bertz CT molecular complexity index is 2180. The molecule has 4 aromatic rings. The minimum Gasteiger partial charge on any atom is -0.341 e. The van der Waals surface area contributed by atoms with E-state index in [2.05, 4.69) is 27.4 Å². The molecule has 2 amide bonds. The van der Waals surface area contributed by atoms with E-state index in [0.29, 0.717) is 28.0 Å². The third-order valence-electron chi connectivity index (χ3n) is 12.2. The third-order valence-corrected chi connectivity index (χ3v) is 12.2. The Balaban J connectivity index is 1.17. The van der Waals surface area contributed by atoms with Crippen molar-refractivity contribution in [2.75, 3.05) is 23.3 Å². The zero-order valence-electron chi connectivity index (χ0n) is 31.5. The van der Waals surface area contributed by atoms with Crippen LogP contribution in [0.2, 0.25) is 0 Å². The lowest BCUT2D eigenvalue weighted by Crippen LogP contribution is -2.64. The van der Waals surface area contributed by atoms with Gasteiger partial charge >= 0.3 is 0 Å². The molecule has 14 heteroatoms. The van der Waals surface area contributed by atoms with E-state index in [1.54, 1.807) is 18.6 Å². The van der Waals surface area contributed by atoms with Gasteiger partial charge < -0.3 is 20.1 Å². The number of likely N-dealkylation sites (tertiary alicyclic amines) is 1. The highest BCUT2D eigenvalue weighted by molar-refractivity contribution is 6.08. The van der Waals surface area contributed by atoms with Gasteiger partial charge in [0.15, 0.2) is 17.5 Å². The minimum atomic E-state index is -2.79. The van der Waals surface area contributed by atoms with Gasteiger partial charge in [0.25, 0.3) is 12.3 Å². The van der Waals surface area contributed by atoms with E-state index in [1.807, 2.05) is 43.2 Å². The average molecular weight is 747 g/mol. The number of carbonyl (C=O) groups is 2. The Morgan fingerprint density at radius 1 is 0.981 bits per heavy atom. The summed E-state index contributed by atoms with van der Waals surface area (Å²) in [5.41, 5.74) is 0.0676. The zero-order valence-corrected chi connectivity index (χ0v) is 31.5. The molecule has 4 aliphatic rings. The lowest BCUT2D eigenvalue weighted by atomic mass is 9.71. The molecule has 2 saturated carbocycles. The van der Waals surface area contributed by atoms with Crippen LogP contribution in [0.4, 0.5) is 34.8 Å². The summed E-state index contributed by atoms with van der Waals surface area (Å²) in [6, 6.07) is 4.77. The quantitative estimate of drug-likeness (QED) is 0.167. The molecule has 0 bridgehead atoms. The van der Waals surface area contributed by atoms with Crippen LogP contribution >= 0.6 is 0 Å². The lowest BCUT2D eigenvalue weighted by molar-refractivity contribution is -0.123. The highest BCUT2D eigenvalue weighted by atomic mass is 19.3. The number of carbonyl (C=O) groups excluding carboxylic acids is 2. The van der Waals surface area contributed by atoms with Crippen molar-refractivity contribution < 1.29 is 27.2 Å². The van der Waals surface area contributed by atoms with E-state index in [0.717, 1.165) is 37.7 Å². The standard InChI is InChI=1S/C40H46F4N8O2/c1-21(2)51-20-46-28-16-26(47-34(32(28)51)48-27-15-25(22(3)30(41)31(27)42)35(53)49-40(10-11-40)36(43)44)23-14-29-33(45-19-23)38(4,5)37(54)52(29)24-17-39(6,18-24)50-12-8-7-9-13-50/h14-16,19-21,24,36H,7-13,17-18H2,1-6H3,(H,47,48)(H,49,53). The molecule has 0 unspecified atom stereocenters. The number of alkyl halides is 2. The number of aromatic nitrogens is 4. The highest BCUT2D eigenvalue weighted by Gasteiger charge is 2.55. The van der Waals surface area contributed by atoms with Crippen molar-refractivity contribution >= 4 is 40.0 Å². The van der Waals surface area contributed by atoms with Crippen molar-refractivity contribution in [2.45, 2.75) is 121 Å². The van der Waals surface area contributed by atoms with Crippen LogP contribution < -0.4 is 15.5 Å². The summed E-state index contributed by atoms with van der Waals surface area (Å²) in [6.07, 6.45) is 6.07. The monoisotopic (exact) mass is 746 g/mol. The van der Waals surface area contributed by atoms with E-state index in [9.17, 15) is 18.4 Å². The van der Waals surface area contributed by atoms with Crippen molar-refractivity contribution in [3.63, 3.8) is 0 Å². The zero-order chi connectivity index (χ0) is 38.5. The van der Waals surface area contributed by atoms with Gasteiger partial charge in [0, 0.05) is 40.5 Å². The summed E-state index contributed by atoms with van der Waals surface area (Å²) < 4.78 is 60.3. The number of imidazole rings is 1. The average Bonchev–Trinajstić information content (AvgIpc) is 3.73. The molecule has 54 heavy (non-hydrogen) atoms. The predicted octanol–water partition coefficient (Wildman–Crippen LogP) is 7.96. The van der Waals surface area contributed by atoms with Crippen LogP contribution in [-0.4, -0.2) is 72.9 Å². The van der Waals surface area contributed by atoms with E-state index in [4.69, 9.17) is 9.97 Å². The van der Waals surface area contributed by atoms with Crippen molar-refractivity contribution in [2.24, 2.45) is 0 Å². The molecule has 0 atom stereocenters. The maximum Gasteiger partial charge on any atom is 0.261 e. The number of benzene rings is 1. The van der Waals surface area contributed by atoms with E-state index in [1.165, 1.54) is 26.2 Å². The smallest absolute Gasteiger partial charge is 0.261 e. The normalized spacial score (nSPS) is 23.2. The number of hydrogen-bond donors (Lipinski definition) is 2. The van der Waals surface area contributed by atoms with Gasteiger partial charge in [0.05, 0.1) is 40.0 Å². The summed E-state index contributed by atoms with van der Waals surface area (Å²) in [5.74, 6) is -3.30. The summed E-state index contributed by atoms with van der Waals surface area (Å²) in [4.78, 5) is 46.1. The Morgan fingerprint density at radius 2 is 1.69 bits per heavy atom. The Labute approximate surface area is 311 Å². The topological polar surface area (TPSA) is 108 Å². The Kier molecular flexibility index (Phi) is 8.59. The lowest BCUT2D eigenvalue weighted by Gasteiger charge is -2.55. The van der Waals surface area contributed by atoms with E-state index in [-0.39, 0.29) is 59.0 Å². The second-order valence-corrected chi connectivity index (χ2v) is 16.7. The van der Waals surface area contributed by atoms with Gasteiger partial charge in [-0.15, -0.1) is 0 Å². The molecule has 2 aliphatic carbocycles. The first kappa shape index (κ1) is 36.4. The van der Waals surface area contributed by atoms with Crippen molar-refractivity contribution in [1.82, 2.24) is 29.7 Å². The molecule has 0 radical (unpaired) electrons. The maximum absolute atomic E-state index is 15.7. The fourth-order valence-electron chi connectivity index (χ4n) is 8.65. The van der Waals surface area contributed by atoms with Crippen LogP contribution in [0.15, 0.2) is 30.7 Å². The first-order valence-corrected chi connectivity index (χ1v) is 18.9. The second-order valence-electron chi connectivity index (χ2n) is 16.7. The largest absolute Gasteiger partial charge is 0.341 e. The fourth-order valence-corrected chi connectivity index (χ4v) is 8.65. The number of nitrogens with one attached hydrogen (secondary N) is 2. The van der Waals surface area contributed by atoms with Crippen LogP contribution in [0.5, 0.6) is 0 Å². The molecule has 286 valence electrons. The number of pyridine rings is 2. The van der Waals surface area contributed by atoms with Gasteiger partial charge in [0.1, 0.15) is 11.1 Å². The first-order chi connectivity index (χ1) is 25.5. The number of hydrogen-bond acceptors (Lipinski definition) is 7. The minimum absolute atomic E-state index is 0.00663. The number of fused-ring (bicyclic) bond motifs is 2. The molecule has 3 fully saturated rings. The molecule has 1 aromatic carbocycles. The molecule has 8 rings (SSSR count). The molecular formula is C40H46F4N8O2. The molecule has 2 aliphatic heterocycles. The SMILES string of the molecule is Cc1c(C(=O)NC2(C(F)F)CC2)cc(Nc2nc(-c3cnc4c(c3)N(C3CC(C)(N5CCCCC5)C3)C(=O)C4(C)C)cc3ncn(C(C)C)c23)c(F)c1F. The van der Waals surface area contributed by atoms with E-state index >= 15 is 8.78 Å². The number of halogens is 4. The summed E-state index contributed by atoms with van der Waals surface area (Å²) in [7, 11) is 0. The van der Waals surface area contributed by atoms with Crippen LogP contribution in [0.25, 0.3) is 22.3 Å². The van der Waals surface area contributed by atoms with E-state index < -0.39 is 34.9 Å². The van der Waals surface area contributed by atoms with Crippen LogP contribution in [-0.2, 0) is 10.2 Å². The maximum atomic E-state index is 15.7. The van der Waals surface area contributed by atoms with Gasteiger partial charge in [-0.05, 0) is 111 Å². The Morgan fingerprint density at radius 3 is 2.33 bits per heavy atom. The number of rotatable bonds is 9. The second kappa shape index (κ2) is 12.7. The van der Waals surface area contributed by atoms with Crippen molar-refractivity contribution in [3.8, 4) is 11.3 Å². The van der Waals surface area contributed by atoms with Crippen molar-refractivity contribution in [3.05, 3.63) is 59.2 Å². The highest BCUT2D eigenvalue weighted by Crippen LogP contribution is 2.50. The molecule has 5 heterocycles. The van der Waals surface area contributed by atoms with Gasteiger partial charge in [-0.2, -0.15) is 0 Å². The molecule has 2 N–H and O–H groups in total. The molecule has 3 aromatic heterocycles. The molecule has 0 spiro atoms. The molecule has 1 saturated heterocycles. The number of amides is 2. The van der Waals surface area contributed by atoms with Gasteiger partial charge in [-0.1, -0.05) is 6.42 Å². The fraction of sp³-hybridized carbons (Fsp3) is 0.525. The summed E-state index contributed by atoms with van der Waals surface area (Å²) in [6.45, 7) is 13.4. The number of anilines is 3. The van der Waals surface area contributed by atoms with Gasteiger partial charge in [0.2, 0.25) is 5.91 Å². The van der Waals surface area contributed by atoms with Crippen LogP contribution in [0.1, 0.15) is 107 Å². The number of piperidine rings is 1. The number of nitrogens with zero attached hydrogens (tertiary/aromatic N) is 6. The Hall–Kier alpha value is -4.59. The molecular weight excluding hydrogens is 700 g/mol. The first-order valence-electron chi connectivity index (χ1n) is 18.9. The van der Waals surface area contributed by atoms with Gasteiger partial charge in [-0.3, -0.25) is 19.5 Å². The summed E-state index contributed by atoms with van der Waals surface area (Å²) in [5, 5.41) is 5.26. The van der Waals surface area contributed by atoms with Gasteiger partial charge in [-0.25, -0.2) is 27.5 Å². The third kappa shape index (κ3) is 5.74. The predicted molar refractivity (Wildman–Crippen MR) is 198 cm³/mol. The van der Waals surface area contributed by atoms with Crippen LogP contribution in [0.3, 0.4) is 0 Å². The van der Waals surface area contributed by atoms with Crippen LogP contribution in [0, 0.1) is 18.6 Å². The summed E-state index contributed by atoms with van der Waals surface area (Å²) >= 11 is 0. The molecule has 10 nitrogen and oxygen atoms in total.